The Hall–Kier alpha value is -2.99. The molecule has 2 amide bonds. The molecule has 0 aliphatic carbocycles. The first-order valence-electron chi connectivity index (χ1n) is 7.90. The third-order valence-electron chi connectivity index (χ3n) is 4.22. The minimum absolute atomic E-state index is 0.303. The normalized spacial score (nSPS) is 10.6. The zero-order valence-electron chi connectivity index (χ0n) is 14.6. The summed E-state index contributed by atoms with van der Waals surface area (Å²) in [6.45, 7) is 0. The second kappa shape index (κ2) is 7.09. The molecule has 1 heterocycles. The summed E-state index contributed by atoms with van der Waals surface area (Å²) in [5, 5.41) is 4.08. The van der Waals surface area contributed by atoms with E-state index in [4.69, 9.17) is 11.6 Å². The number of hydrogen-bond acceptors (Lipinski definition) is 3. The van der Waals surface area contributed by atoms with Gasteiger partial charge in [-0.1, -0.05) is 29.8 Å². The van der Waals surface area contributed by atoms with Crippen molar-refractivity contribution in [3.8, 4) is 0 Å². The van der Waals surface area contributed by atoms with E-state index in [0.717, 1.165) is 10.9 Å². The van der Waals surface area contributed by atoms with Crippen molar-refractivity contribution in [2.24, 2.45) is 7.05 Å². The van der Waals surface area contributed by atoms with E-state index in [9.17, 15) is 9.59 Å². The highest BCUT2D eigenvalue weighted by atomic mass is 35.5. The smallest absolute Gasteiger partial charge is 0.413 e. The van der Waals surface area contributed by atoms with Gasteiger partial charge in [0.25, 0.3) is 5.91 Å². The topological polar surface area (TPSA) is 63.6 Å². The summed E-state index contributed by atoms with van der Waals surface area (Å²) in [6, 6.07) is 14.4. The lowest BCUT2D eigenvalue weighted by Crippen LogP contribution is -2.25. The number of aromatic nitrogens is 1. The van der Waals surface area contributed by atoms with E-state index < -0.39 is 6.09 Å². The average molecular weight is 372 g/mol. The zero-order valence-corrected chi connectivity index (χ0v) is 15.4. The molecule has 0 radical (unpaired) electrons. The lowest BCUT2D eigenvalue weighted by molar-refractivity contribution is 0.102. The quantitative estimate of drug-likeness (QED) is 0.747. The summed E-state index contributed by atoms with van der Waals surface area (Å²) in [5.41, 5.74) is 2.53. The first-order valence-corrected chi connectivity index (χ1v) is 8.28. The van der Waals surface area contributed by atoms with Crippen molar-refractivity contribution in [3.05, 3.63) is 59.2 Å². The number of amides is 2. The van der Waals surface area contributed by atoms with Gasteiger partial charge >= 0.3 is 6.09 Å². The van der Waals surface area contributed by atoms with E-state index >= 15 is 0 Å². The van der Waals surface area contributed by atoms with Gasteiger partial charge in [-0.25, -0.2) is 4.79 Å². The number of hydrogen-bond donors (Lipinski definition) is 1. The van der Waals surface area contributed by atoms with Crippen molar-refractivity contribution in [2.45, 2.75) is 0 Å². The molecule has 0 fully saturated rings. The molecular formula is C19H18ClN3O3. The number of carbonyl (C=O) groups excluding carboxylic acids is 2. The van der Waals surface area contributed by atoms with E-state index in [0.29, 0.717) is 22.1 Å². The molecule has 7 heteroatoms. The van der Waals surface area contributed by atoms with Gasteiger partial charge in [-0.3, -0.25) is 9.69 Å². The molecule has 134 valence electrons. The van der Waals surface area contributed by atoms with Crippen LogP contribution in [0.3, 0.4) is 0 Å². The molecule has 0 aliphatic rings. The van der Waals surface area contributed by atoms with Gasteiger partial charge in [-0.15, -0.1) is 0 Å². The first-order chi connectivity index (χ1) is 12.4. The van der Waals surface area contributed by atoms with Crippen LogP contribution in [0.4, 0.5) is 16.2 Å². The van der Waals surface area contributed by atoms with Crippen molar-refractivity contribution in [1.29, 1.82) is 0 Å². The number of halogens is 1. The summed E-state index contributed by atoms with van der Waals surface area (Å²) in [6.07, 6.45) is -0.468. The molecule has 0 saturated carbocycles. The zero-order chi connectivity index (χ0) is 18.8. The fraction of sp³-hybridized carbons (Fsp3) is 0.158. The number of carbonyl (C=O) groups is 2. The van der Waals surface area contributed by atoms with Crippen molar-refractivity contribution < 1.29 is 14.3 Å². The Morgan fingerprint density at radius 1 is 1.12 bits per heavy atom. The minimum Gasteiger partial charge on any atom is -0.452 e. The van der Waals surface area contributed by atoms with Gasteiger partial charge in [0.2, 0.25) is 0 Å². The number of rotatable bonds is 3. The van der Waals surface area contributed by atoms with E-state index in [-0.39, 0.29) is 5.91 Å². The Morgan fingerprint density at radius 2 is 1.77 bits per heavy atom. The predicted molar refractivity (Wildman–Crippen MR) is 103 cm³/mol. The molecule has 0 spiro atoms. The van der Waals surface area contributed by atoms with Gasteiger partial charge in [-0.2, -0.15) is 0 Å². The van der Waals surface area contributed by atoms with Gasteiger partial charge in [0.05, 0.1) is 12.1 Å². The van der Waals surface area contributed by atoms with E-state index in [2.05, 4.69) is 10.1 Å². The van der Waals surface area contributed by atoms with Crippen LogP contribution in [0, 0.1) is 0 Å². The molecule has 0 bridgehead atoms. The van der Waals surface area contributed by atoms with E-state index in [1.54, 1.807) is 42.9 Å². The molecule has 0 saturated heterocycles. The monoisotopic (exact) mass is 371 g/mol. The third kappa shape index (κ3) is 3.11. The molecule has 3 rings (SSSR count). The van der Waals surface area contributed by atoms with Gasteiger partial charge in [0.15, 0.2) is 0 Å². The number of nitrogens with one attached hydrogen (secondary N) is 1. The number of aryl methyl sites for hydroxylation is 1. The molecule has 26 heavy (non-hydrogen) atoms. The van der Waals surface area contributed by atoms with Crippen LogP contribution >= 0.6 is 11.6 Å². The number of ether oxygens (including phenoxy) is 1. The third-order valence-corrected chi connectivity index (χ3v) is 4.60. The average Bonchev–Trinajstić information content (AvgIpc) is 2.92. The largest absolute Gasteiger partial charge is 0.452 e. The SMILES string of the molecule is COC(=O)N(C)c1ccc(NC(=O)c2c(Cl)c3ccccc3n2C)cc1. The maximum absolute atomic E-state index is 12.7. The van der Waals surface area contributed by atoms with E-state index in [1.165, 1.54) is 12.0 Å². The second-order valence-corrected chi connectivity index (χ2v) is 6.15. The maximum Gasteiger partial charge on any atom is 0.413 e. The molecule has 1 N–H and O–H groups in total. The summed E-state index contributed by atoms with van der Waals surface area (Å²) >= 11 is 6.40. The highest BCUT2D eigenvalue weighted by Gasteiger charge is 2.20. The van der Waals surface area contributed by atoms with Crippen molar-refractivity contribution >= 4 is 45.9 Å². The molecule has 3 aromatic rings. The Kier molecular flexibility index (Phi) is 4.86. The van der Waals surface area contributed by atoms with Crippen molar-refractivity contribution in [3.63, 3.8) is 0 Å². The minimum atomic E-state index is -0.468. The number of para-hydroxylation sites is 1. The van der Waals surface area contributed by atoms with Crippen LogP contribution in [0.25, 0.3) is 10.9 Å². The summed E-state index contributed by atoms with van der Waals surface area (Å²) in [7, 11) is 4.73. The Bertz CT molecular complexity index is 941. The Balaban J connectivity index is 1.84. The molecule has 0 atom stereocenters. The molecule has 2 aromatic carbocycles. The lowest BCUT2D eigenvalue weighted by atomic mass is 10.2. The summed E-state index contributed by atoms with van der Waals surface area (Å²) in [4.78, 5) is 25.6. The summed E-state index contributed by atoms with van der Waals surface area (Å²) < 4.78 is 6.44. The first kappa shape index (κ1) is 17.8. The molecule has 6 nitrogen and oxygen atoms in total. The Morgan fingerprint density at radius 3 is 2.38 bits per heavy atom. The fourth-order valence-electron chi connectivity index (χ4n) is 2.80. The predicted octanol–water partition coefficient (Wildman–Crippen LogP) is 4.29. The van der Waals surface area contributed by atoms with Gasteiger partial charge in [-0.05, 0) is 30.3 Å². The highest BCUT2D eigenvalue weighted by Crippen LogP contribution is 2.30. The van der Waals surface area contributed by atoms with Crippen LogP contribution in [0.5, 0.6) is 0 Å². The fourth-order valence-corrected chi connectivity index (χ4v) is 3.17. The number of methoxy groups -OCH3 is 1. The standard InChI is InChI=1S/C19H18ClN3O3/c1-22(19(25)26-3)13-10-8-12(9-11-13)21-18(24)17-16(20)14-6-4-5-7-15(14)23(17)2/h4-11H,1-3H3,(H,21,24). The highest BCUT2D eigenvalue weighted by molar-refractivity contribution is 6.39. The van der Waals surface area contributed by atoms with Crippen LogP contribution in [0.2, 0.25) is 5.02 Å². The number of anilines is 2. The lowest BCUT2D eigenvalue weighted by Gasteiger charge is -2.16. The molecular weight excluding hydrogens is 354 g/mol. The Labute approximate surface area is 155 Å². The maximum atomic E-state index is 12.7. The van der Waals surface area contributed by atoms with Crippen LogP contribution in [0.15, 0.2) is 48.5 Å². The van der Waals surface area contributed by atoms with Crippen LogP contribution in [-0.2, 0) is 11.8 Å². The summed E-state index contributed by atoms with van der Waals surface area (Å²) in [5.74, 6) is -0.303. The van der Waals surface area contributed by atoms with Crippen molar-refractivity contribution in [1.82, 2.24) is 4.57 Å². The van der Waals surface area contributed by atoms with Crippen LogP contribution in [0.1, 0.15) is 10.5 Å². The number of fused-ring (bicyclic) bond motifs is 1. The van der Waals surface area contributed by atoms with Gasteiger partial charge < -0.3 is 14.6 Å². The molecule has 1 aromatic heterocycles. The van der Waals surface area contributed by atoms with Crippen LogP contribution in [-0.4, -0.2) is 30.7 Å². The number of benzene rings is 2. The van der Waals surface area contributed by atoms with Crippen molar-refractivity contribution in [2.75, 3.05) is 24.4 Å². The second-order valence-electron chi connectivity index (χ2n) is 5.77. The number of nitrogens with zero attached hydrogens (tertiary/aromatic N) is 2. The van der Waals surface area contributed by atoms with Gasteiger partial charge in [0, 0.05) is 36.4 Å². The molecule has 0 aliphatic heterocycles. The van der Waals surface area contributed by atoms with E-state index in [1.807, 2.05) is 24.3 Å². The van der Waals surface area contributed by atoms with Crippen LogP contribution < -0.4 is 10.2 Å². The molecule has 0 unspecified atom stereocenters. The van der Waals surface area contributed by atoms with Gasteiger partial charge in [0.1, 0.15) is 5.69 Å².